The van der Waals surface area contributed by atoms with Crippen molar-refractivity contribution in [2.24, 2.45) is 0 Å². The molecular weight excluding hydrogens is 301 g/mol. The molecule has 1 unspecified atom stereocenters. The third-order valence-corrected chi connectivity index (χ3v) is 6.72. The first-order valence-corrected chi connectivity index (χ1v) is 9.31. The number of nitrogens with zero attached hydrogens (tertiary/aromatic N) is 1. The zero-order valence-electron chi connectivity index (χ0n) is 14.6. The van der Waals surface area contributed by atoms with Gasteiger partial charge in [0.1, 0.15) is 5.75 Å². The molecule has 2 aromatic rings. The monoisotopic (exact) mass is 329 g/mol. The van der Waals surface area contributed by atoms with Gasteiger partial charge in [-0.25, -0.2) is 0 Å². The van der Waals surface area contributed by atoms with Gasteiger partial charge in [-0.3, -0.25) is 0 Å². The Bertz CT molecular complexity index is 635. The molecule has 0 aliphatic heterocycles. The summed E-state index contributed by atoms with van der Waals surface area (Å²) in [5, 5.41) is 11.8. The highest BCUT2D eigenvalue weighted by molar-refractivity contribution is 7.48. The number of phenolic OH excluding ortho intramolecular Hbond substituents is 1. The molecule has 1 N–H and O–H groups in total. The molecule has 2 nitrogen and oxygen atoms in total. The molecule has 0 bridgehead atoms. The topological polar surface area (TPSA) is 23.5 Å². The molecule has 0 fully saturated rings. The van der Waals surface area contributed by atoms with E-state index in [0.29, 0.717) is 14.3 Å². The van der Waals surface area contributed by atoms with Crippen LogP contribution >= 0.6 is 8.58 Å². The van der Waals surface area contributed by atoms with Gasteiger partial charge in [0.05, 0.1) is 0 Å². The fraction of sp³-hybridized carbons (Fsp3) is 0.400. The van der Waals surface area contributed by atoms with Gasteiger partial charge in [0.25, 0.3) is 0 Å². The van der Waals surface area contributed by atoms with Gasteiger partial charge in [-0.05, 0) is 43.9 Å². The summed E-state index contributed by atoms with van der Waals surface area (Å²) < 4.78 is 0. The van der Waals surface area contributed by atoms with Gasteiger partial charge in [0.15, 0.2) is 0 Å². The third-order valence-electron chi connectivity index (χ3n) is 4.50. The van der Waals surface area contributed by atoms with Crippen molar-refractivity contribution in [1.82, 2.24) is 4.90 Å². The molecule has 0 saturated carbocycles. The summed E-state index contributed by atoms with van der Waals surface area (Å²) in [6.45, 7) is 5.42. The van der Waals surface area contributed by atoms with Gasteiger partial charge in [-0.1, -0.05) is 64.9 Å². The summed E-state index contributed by atoms with van der Waals surface area (Å²) in [5.41, 5.74) is 2.47. The van der Waals surface area contributed by atoms with Crippen LogP contribution in [0.25, 0.3) is 0 Å². The molecular formula is C20H28NOP. The van der Waals surface area contributed by atoms with E-state index in [1.165, 1.54) is 10.9 Å². The summed E-state index contributed by atoms with van der Waals surface area (Å²) in [5.74, 6) is 0.425. The third kappa shape index (κ3) is 4.13. The van der Waals surface area contributed by atoms with Crippen molar-refractivity contribution in [1.29, 1.82) is 0 Å². The Morgan fingerprint density at radius 2 is 1.57 bits per heavy atom. The molecule has 0 spiro atoms. The lowest BCUT2D eigenvalue weighted by Crippen LogP contribution is -2.24. The van der Waals surface area contributed by atoms with E-state index in [-0.39, 0.29) is 5.16 Å². The van der Waals surface area contributed by atoms with Crippen molar-refractivity contribution in [3.8, 4) is 5.75 Å². The molecule has 3 heteroatoms. The van der Waals surface area contributed by atoms with E-state index in [1.807, 2.05) is 18.2 Å². The molecule has 23 heavy (non-hydrogen) atoms. The number of aromatic hydroxyl groups is 1. The molecule has 0 amide bonds. The highest BCUT2D eigenvalue weighted by atomic mass is 31.1. The van der Waals surface area contributed by atoms with Crippen molar-refractivity contribution >= 4 is 13.9 Å². The average Bonchev–Trinajstić information content (AvgIpc) is 2.54. The van der Waals surface area contributed by atoms with Crippen molar-refractivity contribution in [2.45, 2.75) is 38.4 Å². The average molecular weight is 329 g/mol. The summed E-state index contributed by atoms with van der Waals surface area (Å²) >= 11 is 0. The standard InChI is InChI=1S/C20H28NOP/c1-5-20(6-2,17-12-8-9-13-18(17)22)23-19-14-10-7-11-16(19)15-21(3)4/h7-14,22-23H,5-6,15H2,1-4H3. The van der Waals surface area contributed by atoms with Gasteiger partial charge in [0, 0.05) is 17.3 Å². The van der Waals surface area contributed by atoms with Crippen LogP contribution in [0.2, 0.25) is 0 Å². The van der Waals surface area contributed by atoms with Crippen LogP contribution in [-0.4, -0.2) is 24.1 Å². The maximum absolute atomic E-state index is 10.4. The zero-order valence-corrected chi connectivity index (χ0v) is 15.6. The minimum absolute atomic E-state index is 0.00770. The molecule has 0 aliphatic carbocycles. The fourth-order valence-electron chi connectivity index (χ4n) is 3.13. The highest BCUT2D eigenvalue weighted by Crippen LogP contribution is 2.49. The van der Waals surface area contributed by atoms with Crippen molar-refractivity contribution < 1.29 is 5.11 Å². The second-order valence-electron chi connectivity index (χ2n) is 6.33. The molecule has 0 aromatic heterocycles. The van der Waals surface area contributed by atoms with E-state index < -0.39 is 0 Å². The Kier molecular flexibility index (Phi) is 6.21. The van der Waals surface area contributed by atoms with Gasteiger partial charge in [-0.2, -0.15) is 0 Å². The number of hydrogen-bond donors (Lipinski definition) is 1. The van der Waals surface area contributed by atoms with E-state index >= 15 is 0 Å². The van der Waals surface area contributed by atoms with E-state index in [0.717, 1.165) is 24.9 Å². The van der Waals surface area contributed by atoms with E-state index in [4.69, 9.17) is 0 Å². The quantitative estimate of drug-likeness (QED) is 0.758. The van der Waals surface area contributed by atoms with Crippen molar-refractivity contribution in [3.05, 3.63) is 59.7 Å². The molecule has 0 aliphatic rings. The van der Waals surface area contributed by atoms with E-state index in [9.17, 15) is 5.11 Å². The normalized spacial score (nSPS) is 12.4. The van der Waals surface area contributed by atoms with Crippen LogP contribution < -0.4 is 5.30 Å². The summed E-state index contributed by atoms with van der Waals surface area (Å²) in [6, 6.07) is 16.5. The Hall–Kier alpha value is -1.37. The number of rotatable bonds is 7. The molecule has 2 rings (SSSR count). The van der Waals surface area contributed by atoms with Crippen LogP contribution in [0.15, 0.2) is 48.5 Å². The molecule has 2 aromatic carbocycles. The second-order valence-corrected chi connectivity index (χ2v) is 8.07. The van der Waals surface area contributed by atoms with Gasteiger partial charge in [-0.15, -0.1) is 0 Å². The SMILES string of the molecule is CCC(CC)(Pc1ccccc1CN(C)C)c1ccccc1O. The smallest absolute Gasteiger partial charge is 0.119 e. The first-order chi connectivity index (χ1) is 11.0. The van der Waals surface area contributed by atoms with E-state index in [1.54, 1.807) is 0 Å². The lowest BCUT2D eigenvalue weighted by atomic mass is 9.92. The molecule has 0 heterocycles. The first kappa shape index (κ1) is 18.0. The highest BCUT2D eigenvalue weighted by Gasteiger charge is 2.31. The van der Waals surface area contributed by atoms with Crippen LogP contribution in [0.5, 0.6) is 5.75 Å². The predicted molar refractivity (Wildman–Crippen MR) is 102 cm³/mol. The molecule has 0 saturated heterocycles. The Labute approximate surface area is 142 Å². The minimum Gasteiger partial charge on any atom is -0.508 e. The zero-order chi connectivity index (χ0) is 16.9. The maximum Gasteiger partial charge on any atom is 0.119 e. The minimum atomic E-state index is 0.00770. The lowest BCUT2D eigenvalue weighted by Gasteiger charge is -2.34. The van der Waals surface area contributed by atoms with Crippen LogP contribution in [-0.2, 0) is 11.7 Å². The molecule has 1 atom stereocenters. The first-order valence-electron chi connectivity index (χ1n) is 8.31. The number of hydrogen-bond acceptors (Lipinski definition) is 2. The molecule has 124 valence electrons. The van der Waals surface area contributed by atoms with Crippen molar-refractivity contribution in [2.75, 3.05) is 14.1 Å². The van der Waals surface area contributed by atoms with Crippen LogP contribution in [0, 0.1) is 0 Å². The largest absolute Gasteiger partial charge is 0.508 e. The number of para-hydroxylation sites is 1. The lowest BCUT2D eigenvalue weighted by molar-refractivity contribution is 0.403. The summed E-state index contributed by atoms with van der Waals surface area (Å²) in [4.78, 5) is 2.21. The van der Waals surface area contributed by atoms with Gasteiger partial charge < -0.3 is 10.0 Å². The number of phenols is 1. The Balaban J connectivity index is 2.43. The van der Waals surface area contributed by atoms with Crippen LogP contribution in [0.4, 0.5) is 0 Å². The Morgan fingerprint density at radius 3 is 2.17 bits per heavy atom. The summed E-state index contributed by atoms with van der Waals surface area (Å²) in [7, 11) is 4.87. The van der Waals surface area contributed by atoms with Crippen LogP contribution in [0.3, 0.4) is 0 Å². The van der Waals surface area contributed by atoms with Gasteiger partial charge >= 0.3 is 0 Å². The second kappa shape index (κ2) is 7.95. The van der Waals surface area contributed by atoms with Crippen LogP contribution in [0.1, 0.15) is 37.8 Å². The van der Waals surface area contributed by atoms with E-state index in [2.05, 4.69) is 63.2 Å². The molecule has 0 radical (unpaired) electrons. The Morgan fingerprint density at radius 1 is 0.957 bits per heavy atom. The summed E-state index contributed by atoms with van der Waals surface area (Å²) in [6.07, 6.45) is 2.05. The van der Waals surface area contributed by atoms with Gasteiger partial charge in [0.2, 0.25) is 0 Å². The number of benzene rings is 2. The fourth-order valence-corrected chi connectivity index (χ4v) is 4.85. The van der Waals surface area contributed by atoms with Crippen molar-refractivity contribution in [3.63, 3.8) is 0 Å². The maximum atomic E-state index is 10.4. The predicted octanol–water partition coefficient (Wildman–Crippen LogP) is 4.47.